The van der Waals surface area contributed by atoms with Crippen LogP contribution < -0.4 is 13.9 Å². The van der Waals surface area contributed by atoms with Crippen molar-refractivity contribution in [3.8, 4) is 50.7 Å². The first-order valence-corrected chi connectivity index (χ1v) is 23.3. The Morgan fingerprint density at radius 1 is 0.493 bits per heavy atom. The van der Waals surface area contributed by atoms with E-state index < -0.39 is 11.6 Å². The first-order valence-electron chi connectivity index (χ1n) is 23.3. The average molecular weight is 905 g/mol. The maximum absolute atomic E-state index is 15.0. The van der Waals surface area contributed by atoms with Crippen molar-refractivity contribution in [2.45, 2.75) is 52.4 Å². The van der Waals surface area contributed by atoms with Crippen molar-refractivity contribution in [1.82, 2.24) is 18.7 Å². The zero-order valence-corrected chi connectivity index (χ0v) is 39.4. The molecule has 10 aromatic rings. The summed E-state index contributed by atoms with van der Waals surface area (Å²) >= 11 is 0. The first-order chi connectivity index (χ1) is 33.3. The second-order valence-corrected chi connectivity index (χ2v) is 19.8. The van der Waals surface area contributed by atoms with Crippen molar-refractivity contribution in [1.29, 1.82) is 0 Å². The predicted octanol–water partition coefficient (Wildman–Crippen LogP) is 16.7. The number of rotatable bonds is 8. The molecule has 0 aliphatic carbocycles. The van der Waals surface area contributed by atoms with E-state index in [0.717, 1.165) is 78.7 Å². The fourth-order valence-corrected chi connectivity index (χ4v) is 9.71. The molecular weight excluding hydrogens is 855 g/mol. The number of ether oxygens (including phenoxy) is 1. The van der Waals surface area contributed by atoms with E-state index in [-0.39, 0.29) is 10.8 Å². The van der Waals surface area contributed by atoms with Crippen LogP contribution in [0.25, 0.3) is 61.0 Å². The summed E-state index contributed by atoms with van der Waals surface area (Å²) < 4.78 is 43.4. The van der Waals surface area contributed by atoms with E-state index in [2.05, 4.69) is 160 Å². The van der Waals surface area contributed by atoms with Gasteiger partial charge in [0.05, 0.1) is 28.2 Å². The molecule has 8 aromatic carbocycles. The van der Waals surface area contributed by atoms with Gasteiger partial charge < -0.3 is 4.74 Å². The van der Waals surface area contributed by atoms with E-state index >= 15 is 8.78 Å². The standard InChI is InChI=1S/C62H50F2N4O/c1-61(2,3)43-29-30-65-59(35-43)68-55-24-13-11-20-52(55)53-28-27-47(38-58(53)68)69-48-34-42(49-19-10-12-23-54(49)62(4,5)6)33-46(37-48)66-39-67(57-26-15-14-25-56(57)66)60-50(40-17-8-7-9-18-40)21-16-22-51(60)41-31-44(63)36-45(64)32-41/h7-38H,1-6H3/q+2. The number of benzene rings is 8. The van der Waals surface area contributed by atoms with Gasteiger partial charge in [0.2, 0.25) is 11.4 Å². The molecule has 0 saturated carbocycles. The normalized spacial score (nSPS) is 12.6. The van der Waals surface area contributed by atoms with Crippen molar-refractivity contribution in [3.63, 3.8) is 0 Å². The van der Waals surface area contributed by atoms with Crippen LogP contribution in [0.2, 0.25) is 0 Å². The molecule has 2 aromatic heterocycles. The molecule has 5 nitrogen and oxygen atoms in total. The molecule has 69 heavy (non-hydrogen) atoms. The number of fused-ring (bicyclic) bond motifs is 4. The monoisotopic (exact) mass is 904 g/mol. The fourth-order valence-electron chi connectivity index (χ4n) is 9.71. The molecule has 0 amide bonds. The number of hydrogen-bond acceptors (Lipinski definition) is 2. The molecule has 1 aliphatic heterocycles. The summed E-state index contributed by atoms with van der Waals surface area (Å²) in [5, 5.41) is 2.23. The Hall–Kier alpha value is -8.25. The maximum atomic E-state index is 15.0. The summed E-state index contributed by atoms with van der Waals surface area (Å²) in [5.41, 5.74) is 12.5. The zero-order chi connectivity index (χ0) is 47.6. The molecule has 0 N–H and O–H groups in total. The van der Waals surface area contributed by atoms with Gasteiger partial charge in [0.1, 0.15) is 29.0 Å². The lowest BCUT2D eigenvalue weighted by Gasteiger charge is -2.23. The number of hydrogen-bond donors (Lipinski definition) is 0. The van der Waals surface area contributed by atoms with Crippen molar-refractivity contribution >= 4 is 50.6 Å². The average Bonchev–Trinajstić information content (AvgIpc) is 3.89. The lowest BCUT2D eigenvalue weighted by Crippen LogP contribution is -2.12. The summed E-state index contributed by atoms with van der Waals surface area (Å²) in [6.07, 6.45) is 1.90. The minimum atomic E-state index is -0.649. The van der Waals surface area contributed by atoms with Gasteiger partial charge in [0.25, 0.3) is 11.4 Å². The molecular formula is C62H50F2N4O+2. The van der Waals surface area contributed by atoms with E-state index in [9.17, 15) is 0 Å². The number of aromatic nitrogens is 2. The van der Waals surface area contributed by atoms with Crippen molar-refractivity contribution in [2.75, 3.05) is 0 Å². The minimum absolute atomic E-state index is 0.0604. The van der Waals surface area contributed by atoms with Crippen LogP contribution >= 0.6 is 0 Å². The van der Waals surface area contributed by atoms with Crippen LogP contribution in [0.3, 0.4) is 0 Å². The van der Waals surface area contributed by atoms with E-state index in [1.807, 2.05) is 77.5 Å². The lowest BCUT2D eigenvalue weighted by molar-refractivity contribution is 0.483. The molecule has 0 bridgehead atoms. The first kappa shape index (κ1) is 43.3. The Kier molecular flexibility index (Phi) is 10.6. The van der Waals surface area contributed by atoms with Gasteiger partial charge in [-0.2, -0.15) is 0 Å². The van der Waals surface area contributed by atoms with Gasteiger partial charge in [-0.25, -0.2) is 13.8 Å². The third-order valence-electron chi connectivity index (χ3n) is 13.0. The molecule has 0 spiro atoms. The quantitative estimate of drug-likeness (QED) is 0.142. The van der Waals surface area contributed by atoms with Crippen molar-refractivity contribution < 1.29 is 13.5 Å². The highest BCUT2D eigenvalue weighted by atomic mass is 19.1. The topological polar surface area (TPSA) is 33.1 Å². The molecule has 0 unspecified atom stereocenters. The van der Waals surface area contributed by atoms with Crippen molar-refractivity contribution in [2.24, 2.45) is 0 Å². The van der Waals surface area contributed by atoms with Crippen LogP contribution in [0, 0.1) is 11.6 Å². The Balaban J connectivity index is 1.14. The fraction of sp³-hybridized carbons (Fsp3) is 0.129. The van der Waals surface area contributed by atoms with Gasteiger partial charge in [-0.15, -0.1) is 0 Å². The van der Waals surface area contributed by atoms with Gasteiger partial charge in [-0.3, -0.25) is 4.57 Å². The molecule has 7 heteroatoms. The molecule has 0 radical (unpaired) electrons. The highest BCUT2D eigenvalue weighted by molar-refractivity contribution is 6.09. The predicted molar refractivity (Wildman–Crippen MR) is 280 cm³/mol. The molecule has 0 atom stereocenters. The van der Waals surface area contributed by atoms with Crippen molar-refractivity contribution in [3.05, 3.63) is 217 Å². The highest BCUT2D eigenvalue weighted by Crippen LogP contribution is 2.46. The maximum Gasteiger partial charge on any atom is 0.503 e. The third kappa shape index (κ3) is 8.01. The van der Waals surface area contributed by atoms with Crippen LogP contribution in [0.5, 0.6) is 11.5 Å². The molecule has 1 aliphatic rings. The molecule has 11 rings (SSSR count). The number of pyridine rings is 1. The van der Waals surface area contributed by atoms with E-state index in [4.69, 9.17) is 9.72 Å². The van der Waals surface area contributed by atoms with Gasteiger partial charge >= 0.3 is 6.01 Å². The smallest absolute Gasteiger partial charge is 0.457 e. The summed E-state index contributed by atoms with van der Waals surface area (Å²) in [6.45, 7) is 13.4. The van der Waals surface area contributed by atoms with Crippen LogP contribution in [-0.4, -0.2) is 15.6 Å². The lowest BCUT2D eigenvalue weighted by atomic mass is 9.82. The largest absolute Gasteiger partial charge is 0.503 e. The second-order valence-electron chi connectivity index (χ2n) is 19.8. The second kappa shape index (κ2) is 16.8. The van der Waals surface area contributed by atoms with E-state index in [0.29, 0.717) is 22.6 Å². The van der Waals surface area contributed by atoms with Gasteiger partial charge in [-0.05, 0) is 114 Å². The van der Waals surface area contributed by atoms with Crippen LogP contribution in [0.1, 0.15) is 52.7 Å². The van der Waals surface area contributed by atoms with Gasteiger partial charge in [0.15, 0.2) is 0 Å². The van der Waals surface area contributed by atoms with Gasteiger partial charge in [0, 0.05) is 47.3 Å². The van der Waals surface area contributed by atoms with E-state index in [1.165, 1.54) is 23.3 Å². The molecule has 3 heterocycles. The minimum Gasteiger partial charge on any atom is -0.457 e. The van der Waals surface area contributed by atoms with E-state index in [1.54, 1.807) is 0 Å². The van der Waals surface area contributed by atoms with Crippen LogP contribution in [0.4, 0.5) is 31.5 Å². The number of halogens is 2. The Bertz CT molecular complexity index is 3720. The summed E-state index contributed by atoms with van der Waals surface area (Å²) in [7, 11) is 0. The number of nitrogens with zero attached hydrogens (tertiary/aromatic N) is 4. The van der Waals surface area contributed by atoms with Crippen LogP contribution in [-0.2, 0) is 10.8 Å². The highest BCUT2D eigenvalue weighted by Gasteiger charge is 2.40. The zero-order valence-electron chi connectivity index (χ0n) is 39.4. The molecule has 0 fully saturated rings. The summed E-state index contributed by atoms with van der Waals surface area (Å²) in [5.74, 6) is 0.857. The Morgan fingerprint density at radius 3 is 1.88 bits per heavy atom. The molecule has 336 valence electrons. The van der Waals surface area contributed by atoms with Gasteiger partial charge in [-0.1, -0.05) is 133 Å². The molecule has 0 saturated heterocycles. The summed E-state index contributed by atoms with van der Waals surface area (Å²) in [6, 6.07) is 65.4. The Morgan fingerprint density at radius 2 is 1.13 bits per heavy atom. The van der Waals surface area contributed by atoms with Crippen LogP contribution in [0.15, 0.2) is 194 Å². The summed E-state index contributed by atoms with van der Waals surface area (Å²) in [4.78, 5) is 4.91. The SMILES string of the molecule is CC(C)(C)c1ccnc(-n2c3ccccc3c3ccc(Oc4cc(-c5ccccc5C(C)(C)C)cc([N+]5=C=[N+](c6c(-c7ccccc7)cccc6-c6cc(F)cc(F)c6)c6ccccc65)c4)cc32)c1. The number of para-hydroxylation sites is 4. The Labute approximate surface area is 401 Å². The third-order valence-corrected chi connectivity index (χ3v) is 13.0.